The lowest BCUT2D eigenvalue weighted by Crippen LogP contribution is -2.65. The maximum Gasteiger partial charge on any atom is 0.490 e. The van der Waals surface area contributed by atoms with E-state index >= 15 is 0 Å². The highest BCUT2D eigenvalue weighted by Gasteiger charge is 2.61. The fraction of sp³-hybridized carbons (Fsp3) is 0.458. The lowest BCUT2D eigenvalue weighted by Gasteiger charge is -2.51. The molecule has 6 rings (SSSR count). The number of aromatic nitrogens is 1. The number of halogens is 3. The zero-order valence-corrected chi connectivity index (χ0v) is 19.0. The monoisotopic (exact) mass is 507 g/mol. The van der Waals surface area contributed by atoms with Crippen molar-refractivity contribution in [2.24, 2.45) is 5.92 Å². The Labute approximate surface area is 203 Å². The first kappa shape index (κ1) is 24.2. The second kappa shape index (κ2) is 8.84. The number of fused-ring (bicyclic) bond motifs is 4. The molecule has 12 heteroatoms. The fourth-order valence-corrected chi connectivity index (χ4v) is 5.61. The predicted octanol–water partition coefficient (Wildman–Crippen LogP) is 2.73. The number of carboxylic acids is 1. The van der Waals surface area contributed by atoms with Crippen LogP contribution in [0, 0.1) is 5.92 Å². The molecule has 192 valence electrons. The largest absolute Gasteiger partial charge is 0.490 e. The normalized spacial score (nSPS) is 27.7. The van der Waals surface area contributed by atoms with Crippen LogP contribution < -0.4 is 15.6 Å². The molecule has 36 heavy (non-hydrogen) atoms. The highest BCUT2D eigenvalue weighted by Crippen LogP contribution is 2.54. The second-order valence-electron chi connectivity index (χ2n) is 9.31. The zero-order valence-electron chi connectivity index (χ0n) is 19.0. The van der Waals surface area contributed by atoms with Gasteiger partial charge in [-0.3, -0.25) is 14.3 Å². The van der Waals surface area contributed by atoms with Crippen molar-refractivity contribution < 1.29 is 37.3 Å². The van der Waals surface area contributed by atoms with Crippen molar-refractivity contribution in [1.29, 1.82) is 0 Å². The van der Waals surface area contributed by atoms with Crippen LogP contribution in [0.2, 0.25) is 0 Å². The molecule has 4 aliphatic heterocycles. The first-order valence-corrected chi connectivity index (χ1v) is 11.6. The Morgan fingerprint density at radius 2 is 1.92 bits per heavy atom. The Bertz CT molecular complexity index is 1230. The number of carbonyl (C=O) groups is 2. The molecule has 1 amide bonds. The van der Waals surface area contributed by atoms with E-state index in [9.17, 15) is 22.8 Å². The average molecular weight is 507 g/mol. The Morgan fingerprint density at radius 1 is 1.19 bits per heavy atom. The fourth-order valence-electron chi connectivity index (χ4n) is 5.61. The molecule has 1 aromatic heterocycles. The maximum atomic E-state index is 13.4. The van der Waals surface area contributed by atoms with Gasteiger partial charge >= 0.3 is 12.1 Å². The molecule has 3 fully saturated rings. The quantitative estimate of drug-likeness (QED) is 0.658. The van der Waals surface area contributed by atoms with Gasteiger partial charge in [0.05, 0.1) is 11.7 Å². The molecule has 4 atom stereocenters. The molecule has 1 aromatic carbocycles. The van der Waals surface area contributed by atoms with E-state index in [1.54, 1.807) is 10.9 Å². The molecule has 9 nitrogen and oxygen atoms in total. The summed E-state index contributed by atoms with van der Waals surface area (Å²) < 4.78 is 45.6. The molecule has 4 aliphatic rings. The number of alkyl halides is 3. The second-order valence-corrected chi connectivity index (χ2v) is 9.31. The van der Waals surface area contributed by atoms with E-state index < -0.39 is 12.1 Å². The minimum Gasteiger partial charge on any atom is -0.482 e. The number of rotatable bonds is 3. The van der Waals surface area contributed by atoms with Crippen molar-refractivity contribution in [3.05, 3.63) is 64.1 Å². The summed E-state index contributed by atoms with van der Waals surface area (Å²) in [5.74, 6) is -2.52. The van der Waals surface area contributed by atoms with Crippen LogP contribution in [-0.4, -0.2) is 57.2 Å². The number of nitrogens with one attached hydrogen (secondary N) is 1. The van der Waals surface area contributed by atoms with Gasteiger partial charge in [0, 0.05) is 24.7 Å². The van der Waals surface area contributed by atoms with E-state index in [-0.39, 0.29) is 47.1 Å². The standard InChI is InChI=1S/C22H23N3O4.C2HF3O2/c26-17-7-10-25-18(19(17)28-13-14-4-2-1-3-5-14)21(27)24-11-9-22-8-6-15(29-22)12-16(22)20(24)23-25;3-2(4,5)1(6)7/h1-5,7,10,15-16,20,23H,6,8-9,11-13H2;(H,6,7)/t15-,16+,20-,22-;/m1./s1. The van der Waals surface area contributed by atoms with Crippen LogP contribution >= 0.6 is 0 Å². The van der Waals surface area contributed by atoms with Gasteiger partial charge in [-0.15, -0.1) is 0 Å². The third kappa shape index (κ3) is 4.19. The van der Waals surface area contributed by atoms with Crippen LogP contribution in [0.15, 0.2) is 47.4 Å². The highest BCUT2D eigenvalue weighted by atomic mass is 19.4. The van der Waals surface area contributed by atoms with Crippen LogP contribution in [0.3, 0.4) is 0 Å². The van der Waals surface area contributed by atoms with E-state index in [1.165, 1.54) is 6.07 Å². The van der Waals surface area contributed by atoms with Gasteiger partial charge in [-0.05, 0) is 31.2 Å². The Balaban J connectivity index is 0.000000338. The molecule has 0 aliphatic carbocycles. The topological polar surface area (TPSA) is 110 Å². The van der Waals surface area contributed by atoms with Gasteiger partial charge in [0.1, 0.15) is 12.8 Å². The van der Waals surface area contributed by atoms with Crippen molar-refractivity contribution in [1.82, 2.24) is 9.58 Å². The molecule has 2 aromatic rings. The van der Waals surface area contributed by atoms with Crippen molar-refractivity contribution >= 4 is 11.9 Å². The summed E-state index contributed by atoms with van der Waals surface area (Å²) in [6.07, 6.45) is 0.792. The molecular formula is C24H24F3N3O6. The van der Waals surface area contributed by atoms with Gasteiger partial charge < -0.3 is 24.9 Å². The van der Waals surface area contributed by atoms with Crippen molar-refractivity contribution in [2.45, 2.75) is 56.3 Å². The molecule has 0 radical (unpaired) electrons. The Hall–Kier alpha value is -3.54. The van der Waals surface area contributed by atoms with E-state index in [0.717, 1.165) is 31.2 Å². The molecule has 0 unspecified atom stereocenters. The summed E-state index contributed by atoms with van der Waals surface area (Å²) in [6.45, 7) is 0.867. The maximum absolute atomic E-state index is 13.4. The molecule has 0 saturated carbocycles. The van der Waals surface area contributed by atoms with Crippen LogP contribution in [0.1, 0.15) is 41.7 Å². The first-order valence-electron chi connectivity index (χ1n) is 11.6. The van der Waals surface area contributed by atoms with E-state index in [0.29, 0.717) is 12.6 Å². The third-order valence-electron chi connectivity index (χ3n) is 7.23. The van der Waals surface area contributed by atoms with Gasteiger partial charge in [0.2, 0.25) is 5.43 Å². The summed E-state index contributed by atoms with van der Waals surface area (Å²) in [4.78, 5) is 36.7. The van der Waals surface area contributed by atoms with Crippen LogP contribution in [0.5, 0.6) is 5.75 Å². The van der Waals surface area contributed by atoms with Crippen LogP contribution in [0.25, 0.3) is 0 Å². The number of aliphatic carboxylic acids is 1. The number of hydrogen-bond donors (Lipinski definition) is 2. The van der Waals surface area contributed by atoms with E-state index in [1.807, 2.05) is 35.2 Å². The minimum atomic E-state index is -5.08. The Morgan fingerprint density at radius 3 is 2.58 bits per heavy atom. The molecule has 2 bridgehead atoms. The molecule has 1 spiro atoms. The van der Waals surface area contributed by atoms with Crippen LogP contribution in [0.4, 0.5) is 13.2 Å². The number of benzene rings is 1. The number of carboxylic acid groups (broad SMARTS) is 1. The number of piperidine rings is 1. The molecule has 2 N–H and O–H groups in total. The predicted molar refractivity (Wildman–Crippen MR) is 119 cm³/mol. The Kier molecular flexibility index (Phi) is 5.93. The van der Waals surface area contributed by atoms with Crippen LogP contribution in [-0.2, 0) is 16.1 Å². The van der Waals surface area contributed by atoms with E-state index in [2.05, 4.69) is 5.43 Å². The lowest BCUT2D eigenvalue weighted by atomic mass is 9.72. The van der Waals surface area contributed by atoms with Crippen molar-refractivity contribution in [3.8, 4) is 5.75 Å². The summed E-state index contributed by atoms with van der Waals surface area (Å²) >= 11 is 0. The number of amides is 1. The summed E-state index contributed by atoms with van der Waals surface area (Å²) in [7, 11) is 0. The first-order chi connectivity index (χ1) is 17.1. The number of hydrogen-bond acceptors (Lipinski definition) is 6. The van der Waals surface area contributed by atoms with Gasteiger partial charge in [0.25, 0.3) is 5.91 Å². The smallest absolute Gasteiger partial charge is 0.482 e. The summed E-state index contributed by atoms with van der Waals surface area (Å²) in [6, 6.07) is 11.1. The molecule has 3 saturated heterocycles. The number of ether oxygens (including phenoxy) is 2. The summed E-state index contributed by atoms with van der Waals surface area (Å²) in [5, 5.41) is 7.12. The number of nitrogens with zero attached hydrogens (tertiary/aromatic N) is 2. The van der Waals surface area contributed by atoms with E-state index in [4.69, 9.17) is 19.4 Å². The third-order valence-corrected chi connectivity index (χ3v) is 7.23. The van der Waals surface area contributed by atoms with Gasteiger partial charge in [0.15, 0.2) is 11.4 Å². The average Bonchev–Trinajstić information content (AvgIpc) is 3.42. The zero-order chi connectivity index (χ0) is 25.7. The highest BCUT2D eigenvalue weighted by molar-refractivity contribution is 5.96. The van der Waals surface area contributed by atoms with Gasteiger partial charge in [-0.1, -0.05) is 30.3 Å². The van der Waals surface area contributed by atoms with Crippen molar-refractivity contribution in [2.75, 3.05) is 12.0 Å². The van der Waals surface area contributed by atoms with Crippen molar-refractivity contribution in [3.63, 3.8) is 0 Å². The molecule has 5 heterocycles. The van der Waals surface area contributed by atoms with Gasteiger partial charge in [-0.2, -0.15) is 13.2 Å². The number of carbonyl (C=O) groups excluding carboxylic acids is 1. The minimum absolute atomic E-state index is 0.0949. The van der Waals surface area contributed by atoms with Gasteiger partial charge in [-0.25, -0.2) is 4.79 Å². The summed E-state index contributed by atoms with van der Waals surface area (Å²) in [5.41, 5.74) is 4.32. The molecular weight excluding hydrogens is 483 g/mol. The number of pyridine rings is 1. The lowest BCUT2D eigenvalue weighted by molar-refractivity contribution is -0.192. The SMILES string of the molecule is O=C(O)C(F)(F)F.O=C1c2c(OCc3ccccc3)c(=O)ccn2N[C@H]2[C@@H]3C[C@H]4CC[C@]3(CCN12)O4.